The Bertz CT molecular complexity index is 735. The van der Waals surface area contributed by atoms with Crippen molar-refractivity contribution in [3.05, 3.63) is 42.0 Å². The summed E-state index contributed by atoms with van der Waals surface area (Å²) in [7, 11) is 0. The normalized spacial score (nSPS) is 17.3. The van der Waals surface area contributed by atoms with E-state index in [-0.39, 0.29) is 0 Å². The van der Waals surface area contributed by atoms with Gasteiger partial charge in [0.25, 0.3) is 0 Å². The number of aromatic nitrogens is 3. The van der Waals surface area contributed by atoms with Gasteiger partial charge in [0.15, 0.2) is 0 Å². The van der Waals surface area contributed by atoms with Crippen molar-refractivity contribution in [2.75, 3.05) is 31.2 Å². The maximum absolute atomic E-state index is 5.39. The molecule has 4 rings (SSSR count). The van der Waals surface area contributed by atoms with Crippen molar-refractivity contribution < 1.29 is 4.74 Å². The zero-order valence-electron chi connectivity index (χ0n) is 12.6. The number of allylic oxidation sites excluding steroid dienone is 2. The van der Waals surface area contributed by atoms with Crippen molar-refractivity contribution in [2.45, 2.75) is 13.3 Å². The van der Waals surface area contributed by atoms with Gasteiger partial charge in [-0.15, -0.1) is 0 Å². The minimum atomic E-state index is 0.746. The molecule has 2 aromatic rings. The Morgan fingerprint density at radius 1 is 1.14 bits per heavy atom. The molecular formula is C17H18N4O. The average Bonchev–Trinajstić information content (AvgIpc) is 2.96. The summed E-state index contributed by atoms with van der Waals surface area (Å²) >= 11 is 0. The first-order chi connectivity index (χ1) is 10.8. The van der Waals surface area contributed by atoms with Crippen molar-refractivity contribution in [3.63, 3.8) is 0 Å². The van der Waals surface area contributed by atoms with Gasteiger partial charge in [-0.3, -0.25) is 9.97 Å². The van der Waals surface area contributed by atoms with Crippen molar-refractivity contribution in [2.24, 2.45) is 0 Å². The van der Waals surface area contributed by atoms with Crippen molar-refractivity contribution >= 4 is 11.4 Å². The number of hydrogen-bond donors (Lipinski definition) is 0. The third kappa shape index (κ3) is 2.37. The number of ether oxygens (including phenoxy) is 1. The van der Waals surface area contributed by atoms with Crippen molar-refractivity contribution in [3.8, 4) is 11.3 Å². The topological polar surface area (TPSA) is 51.1 Å². The third-order valence-corrected chi connectivity index (χ3v) is 4.25. The molecule has 0 atom stereocenters. The molecule has 1 fully saturated rings. The highest BCUT2D eigenvalue weighted by atomic mass is 16.5. The fraction of sp³-hybridized carbons (Fsp3) is 0.353. The van der Waals surface area contributed by atoms with Gasteiger partial charge >= 0.3 is 0 Å². The highest BCUT2D eigenvalue weighted by molar-refractivity contribution is 5.74. The van der Waals surface area contributed by atoms with Crippen LogP contribution in [0.4, 0.5) is 5.82 Å². The van der Waals surface area contributed by atoms with Crippen molar-refractivity contribution in [1.82, 2.24) is 15.0 Å². The minimum Gasteiger partial charge on any atom is -0.378 e. The first-order valence-corrected chi connectivity index (χ1v) is 7.62. The molecule has 0 spiro atoms. The molecule has 5 heteroatoms. The van der Waals surface area contributed by atoms with E-state index in [2.05, 4.69) is 33.9 Å². The van der Waals surface area contributed by atoms with E-state index in [0.717, 1.165) is 55.5 Å². The van der Waals surface area contributed by atoms with Crippen molar-refractivity contribution in [1.29, 1.82) is 0 Å². The lowest BCUT2D eigenvalue weighted by Gasteiger charge is -2.27. The second-order valence-corrected chi connectivity index (χ2v) is 5.67. The molecule has 0 amide bonds. The summed E-state index contributed by atoms with van der Waals surface area (Å²) in [5.41, 5.74) is 5.58. The molecule has 112 valence electrons. The van der Waals surface area contributed by atoms with E-state index in [0.29, 0.717) is 0 Å². The summed E-state index contributed by atoms with van der Waals surface area (Å²) in [5, 5.41) is 0. The smallest absolute Gasteiger partial charge is 0.147 e. The Labute approximate surface area is 129 Å². The Morgan fingerprint density at radius 2 is 2.00 bits per heavy atom. The Hall–Kier alpha value is -2.27. The summed E-state index contributed by atoms with van der Waals surface area (Å²) in [6.45, 7) is 5.35. The number of fused-ring (bicyclic) bond motifs is 1. The van der Waals surface area contributed by atoms with Gasteiger partial charge in [0.05, 0.1) is 37.0 Å². The maximum atomic E-state index is 5.39. The van der Waals surface area contributed by atoms with Crippen LogP contribution in [0, 0.1) is 0 Å². The van der Waals surface area contributed by atoms with Gasteiger partial charge in [-0.25, -0.2) is 4.98 Å². The molecule has 0 unspecified atom stereocenters. The summed E-state index contributed by atoms with van der Waals surface area (Å²) < 4.78 is 5.39. The van der Waals surface area contributed by atoms with Gasteiger partial charge in [-0.05, 0) is 24.1 Å². The molecule has 0 N–H and O–H groups in total. The van der Waals surface area contributed by atoms with E-state index in [1.54, 1.807) is 6.20 Å². The minimum absolute atomic E-state index is 0.746. The fourth-order valence-corrected chi connectivity index (χ4v) is 2.94. The lowest BCUT2D eigenvalue weighted by molar-refractivity contribution is 0.122. The van der Waals surface area contributed by atoms with Gasteiger partial charge in [-0.2, -0.15) is 0 Å². The molecule has 1 saturated heterocycles. The van der Waals surface area contributed by atoms with Crippen LogP contribution in [-0.4, -0.2) is 41.3 Å². The molecule has 1 aliphatic carbocycles. The molecule has 0 radical (unpaired) electrons. The van der Waals surface area contributed by atoms with E-state index in [1.807, 2.05) is 12.4 Å². The fourth-order valence-electron chi connectivity index (χ4n) is 2.94. The molecule has 22 heavy (non-hydrogen) atoms. The molecule has 1 aliphatic heterocycles. The predicted octanol–water partition coefficient (Wildman–Crippen LogP) is 2.33. The van der Waals surface area contributed by atoms with Gasteiger partial charge in [0.1, 0.15) is 5.82 Å². The summed E-state index contributed by atoms with van der Waals surface area (Å²) in [5.74, 6) is 0.911. The van der Waals surface area contributed by atoms with Crippen LogP contribution in [0.15, 0.2) is 30.7 Å². The maximum Gasteiger partial charge on any atom is 0.147 e. The molecule has 0 aromatic carbocycles. The summed E-state index contributed by atoms with van der Waals surface area (Å²) in [6, 6.07) is 2.17. The highest BCUT2D eigenvalue weighted by Gasteiger charge is 2.16. The number of morpholine rings is 1. The monoisotopic (exact) mass is 294 g/mol. The average molecular weight is 294 g/mol. The predicted molar refractivity (Wildman–Crippen MR) is 85.7 cm³/mol. The van der Waals surface area contributed by atoms with Crippen LogP contribution in [-0.2, 0) is 11.2 Å². The standard InChI is InChI=1S/C17H18N4O/c1-12-2-3-15-14(12)8-13(9-19-15)16-10-18-11-17(20-16)21-4-6-22-7-5-21/h2,8-11H,3-7H2,1H3. The number of rotatable bonds is 2. The number of anilines is 1. The second-order valence-electron chi connectivity index (χ2n) is 5.67. The first kappa shape index (κ1) is 13.4. The number of pyridine rings is 1. The van der Waals surface area contributed by atoms with E-state index in [9.17, 15) is 0 Å². The van der Waals surface area contributed by atoms with E-state index in [4.69, 9.17) is 9.72 Å². The lowest BCUT2D eigenvalue weighted by atomic mass is 10.1. The van der Waals surface area contributed by atoms with Gasteiger partial charge in [0, 0.05) is 31.3 Å². The molecule has 0 bridgehead atoms. The van der Waals surface area contributed by atoms with Crippen LogP contribution in [0.3, 0.4) is 0 Å². The largest absolute Gasteiger partial charge is 0.378 e. The highest BCUT2D eigenvalue weighted by Crippen LogP contribution is 2.29. The molecule has 3 heterocycles. The molecular weight excluding hydrogens is 276 g/mol. The van der Waals surface area contributed by atoms with Gasteiger partial charge in [-0.1, -0.05) is 6.08 Å². The molecule has 5 nitrogen and oxygen atoms in total. The van der Waals surface area contributed by atoms with Crippen LogP contribution in [0.2, 0.25) is 0 Å². The van der Waals surface area contributed by atoms with Crippen LogP contribution >= 0.6 is 0 Å². The quantitative estimate of drug-likeness (QED) is 0.851. The number of hydrogen-bond acceptors (Lipinski definition) is 5. The third-order valence-electron chi connectivity index (χ3n) is 4.25. The molecule has 0 saturated carbocycles. The van der Waals surface area contributed by atoms with E-state index in [1.165, 1.54) is 11.1 Å². The Kier molecular flexibility index (Phi) is 3.35. The lowest BCUT2D eigenvalue weighted by Crippen LogP contribution is -2.36. The van der Waals surface area contributed by atoms with Gasteiger partial charge < -0.3 is 9.64 Å². The van der Waals surface area contributed by atoms with Crippen LogP contribution in [0.25, 0.3) is 16.8 Å². The molecule has 2 aliphatic rings. The molecule has 2 aromatic heterocycles. The van der Waals surface area contributed by atoms with E-state index < -0.39 is 0 Å². The second kappa shape index (κ2) is 5.50. The summed E-state index contributed by atoms with van der Waals surface area (Å²) in [6.07, 6.45) is 8.68. The number of nitrogens with zero attached hydrogens (tertiary/aromatic N) is 4. The van der Waals surface area contributed by atoms with E-state index >= 15 is 0 Å². The SMILES string of the molecule is CC1=CCc2ncc(-c3cncc(N4CCOCC4)n3)cc21. The Morgan fingerprint density at radius 3 is 2.86 bits per heavy atom. The zero-order valence-corrected chi connectivity index (χ0v) is 12.6. The van der Waals surface area contributed by atoms with Crippen LogP contribution in [0.1, 0.15) is 18.2 Å². The van der Waals surface area contributed by atoms with Crippen LogP contribution in [0.5, 0.6) is 0 Å². The van der Waals surface area contributed by atoms with Crippen LogP contribution < -0.4 is 4.90 Å². The summed E-state index contributed by atoms with van der Waals surface area (Å²) in [4.78, 5) is 15.9. The van der Waals surface area contributed by atoms with Gasteiger partial charge in [0.2, 0.25) is 0 Å². The zero-order chi connectivity index (χ0) is 14.9. The first-order valence-electron chi connectivity index (χ1n) is 7.62. The Balaban J connectivity index is 1.68.